The van der Waals surface area contributed by atoms with E-state index in [9.17, 15) is 18.0 Å². The molecule has 0 aliphatic rings. The van der Waals surface area contributed by atoms with Crippen molar-refractivity contribution >= 4 is 73.9 Å². The van der Waals surface area contributed by atoms with Crippen LogP contribution < -0.4 is 9.62 Å². The number of amides is 2. The van der Waals surface area contributed by atoms with Crippen molar-refractivity contribution in [2.24, 2.45) is 0 Å². The highest BCUT2D eigenvalue weighted by atomic mass is 35.5. The van der Waals surface area contributed by atoms with Crippen LogP contribution in [-0.4, -0.2) is 44.3 Å². The van der Waals surface area contributed by atoms with Crippen LogP contribution in [0.4, 0.5) is 5.69 Å². The van der Waals surface area contributed by atoms with Gasteiger partial charge >= 0.3 is 0 Å². The summed E-state index contributed by atoms with van der Waals surface area (Å²) in [5.41, 5.74) is 0.682. The molecule has 0 aliphatic heterocycles. The third kappa shape index (κ3) is 7.58. The number of anilines is 1. The minimum atomic E-state index is -4.22. The predicted molar refractivity (Wildman–Crippen MR) is 157 cm³/mol. The van der Waals surface area contributed by atoms with Crippen molar-refractivity contribution in [2.75, 3.05) is 17.4 Å². The number of carbonyl (C=O) groups excluding carboxylic acids is 2. The van der Waals surface area contributed by atoms with E-state index in [1.165, 1.54) is 41.3 Å². The summed E-state index contributed by atoms with van der Waals surface area (Å²) in [4.78, 5) is 28.2. The summed E-state index contributed by atoms with van der Waals surface area (Å²) < 4.78 is 28.5. The van der Waals surface area contributed by atoms with Gasteiger partial charge < -0.3 is 10.2 Å². The molecule has 12 heteroatoms. The van der Waals surface area contributed by atoms with Crippen molar-refractivity contribution in [1.82, 2.24) is 10.2 Å². The molecule has 1 atom stereocenters. The van der Waals surface area contributed by atoms with Gasteiger partial charge in [-0.1, -0.05) is 77.6 Å². The number of nitrogens with zero attached hydrogens (tertiary/aromatic N) is 2. The van der Waals surface area contributed by atoms with Crippen LogP contribution in [0.25, 0.3) is 0 Å². The van der Waals surface area contributed by atoms with Gasteiger partial charge in [0.15, 0.2) is 0 Å². The van der Waals surface area contributed by atoms with Gasteiger partial charge in [-0.25, -0.2) is 8.42 Å². The number of rotatable bonds is 11. The second kappa shape index (κ2) is 13.7. The lowest BCUT2D eigenvalue weighted by atomic mass is 10.1. The molecule has 0 aliphatic carbocycles. The number of nitrogens with one attached hydrogen (secondary N) is 1. The number of hydrogen-bond donors (Lipinski definition) is 1. The monoisotopic (exact) mass is 629 g/mol. The van der Waals surface area contributed by atoms with Crippen molar-refractivity contribution in [1.29, 1.82) is 0 Å². The first-order valence-electron chi connectivity index (χ1n) is 12.0. The zero-order valence-corrected chi connectivity index (χ0v) is 25.0. The Morgan fingerprint density at radius 3 is 2.15 bits per heavy atom. The molecular weight excluding hydrogens is 604 g/mol. The number of sulfonamides is 1. The van der Waals surface area contributed by atoms with Crippen LogP contribution in [0.1, 0.15) is 25.8 Å². The molecule has 7 nitrogen and oxygen atoms in total. The topological polar surface area (TPSA) is 86.8 Å². The highest BCUT2D eigenvalue weighted by molar-refractivity contribution is 7.92. The first-order chi connectivity index (χ1) is 18.5. The van der Waals surface area contributed by atoms with E-state index in [0.29, 0.717) is 22.2 Å². The standard InChI is InChI=1S/C27H27Cl4N3O4S/c1-3-25(27(36)32-4-2)33(16-18-10-11-19(28)14-23(18)30)26(35)17-34(20-12-13-22(29)24(31)15-20)39(37,38)21-8-6-5-7-9-21/h5-15,25H,3-4,16-17H2,1-2H3,(H,32,36)/t25-/m1/s1. The maximum atomic E-state index is 14.0. The Morgan fingerprint density at radius 1 is 0.872 bits per heavy atom. The van der Waals surface area contributed by atoms with Gasteiger partial charge in [0, 0.05) is 23.1 Å². The predicted octanol–water partition coefficient (Wildman–Crippen LogP) is 6.44. The smallest absolute Gasteiger partial charge is 0.264 e. The van der Waals surface area contributed by atoms with Crippen LogP contribution in [-0.2, 0) is 26.2 Å². The largest absolute Gasteiger partial charge is 0.355 e. The SMILES string of the molecule is CCNC(=O)[C@@H](CC)N(Cc1ccc(Cl)cc1Cl)C(=O)CN(c1ccc(Cl)c(Cl)c1)S(=O)(=O)c1ccccc1. The number of benzene rings is 3. The minimum Gasteiger partial charge on any atom is -0.355 e. The zero-order chi connectivity index (χ0) is 28.7. The summed E-state index contributed by atoms with van der Waals surface area (Å²) in [5, 5.41) is 3.81. The molecule has 3 aromatic rings. The molecule has 3 aromatic carbocycles. The fourth-order valence-electron chi connectivity index (χ4n) is 3.93. The van der Waals surface area contributed by atoms with Gasteiger partial charge in [0.05, 0.1) is 20.6 Å². The van der Waals surface area contributed by atoms with Crippen LogP contribution in [0.2, 0.25) is 20.1 Å². The van der Waals surface area contributed by atoms with E-state index in [2.05, 4.69) is 5.32 Å². The van der Waals surface area contributed by atoms with Crippen LogP contribution in [0.3, 0.4) is 0 Å². The molecule has 1 N–H and O–H groups in total. The van der Waals surface area contributed by atoms with E-state index >= 15 is 0 Å². The molecular formula is C27H27Cl4N3O4S. The normalized spacial score (nSPS) is 12.1. The van der Waals surface area contributed by atoms with Crippen molar-refractivity contribution in [2.45, 2.75) is 37.8 Å². The Kier molecular flexibility index (Phi) is 10.9. The molecule has 0 heterocycles. The molecule has 0 spiro atoms. The summed E-state index contributed by atoms with van der Waals surface area (Å²) >= 11 is 24.7. The molecule has 3 rings (SSSR count). The molecule has 208 valence electrons. The lowest BCUT2D eigenvalue weighted by molar-refractivity contribution is -0.140. The summed E-state index contributed by atoms with van der Waals surface area (Å²) in [6.45, 7) is 3.23. The first kappa shape index (κ1) is 31.0. The van der Waals surface area contributed by atoms with Crippen molar-refractivity contribution in [3.05, 3.63) is 92.4 Å². The summed E-state index contributed by atoms with van der Waals surface area (Å²) in [5.74, 6) is -0.991. The Labute approximate surface area is 248 Å². The van der Waals surface area contributed by atoms with Gasteiger partial charge in [0.1, 0.15) is 12.6 Å². The van der Waals surface area contributed by atoms with E-state index in [-0.39, 0.29) is 39.5 Å². The number of carbonyl (C=O) groups is 2. The Hall–Kier alpha value is -2.49. The van der Waals surface area contributed by atoms with Crippen LogP contribution in [0.5, 0.6) is 0 Å². The summed E-state index contributed by atoms with van der Waals surface area (Å²) in [7, 11) is -4.22. The third-order valence-corrected chi connectivity index (χ3v) is 9.01. The van der Waals surface area contributed by atoms with E-state index < -0.39 is 28.5 Å². The van der Waals surface area contributed by atoms with Gasteiger partial charge in [-0.05, 0) is 61.4 Å². The molecule has 0 fully saturated rings. The number of halogens is 4. The molecule has 0 aromatic heterocycles. The van der Waals surface area contributed by atoms with Gasteiger partial charge in [0.25, 0.3) is 10.0 Å². The van der Waals surface area contributed by atoms with E-state index in [1.807, 2.05) is 0 Å². The van der Waals surface area contributed by atoms with Crippen LogP contribution in [0.15, 0.2) is 71.6 Å². The lowest BCUT2D eigenvalue weighted by Gasteiger charge is -2.33. The highest BCUT2D eigenvalue weighted by Crippen LogP contribution is 2.31. The molecule has 0 saturated heterocycles. The van der Waals surface area contributed by atoms with E-state index in [0.717, 1.165) is 4.31 Å². The Balaban J connectivity index is 2.09. The molecule has 0 radical (unpaired) electrons. The zero-order valence-electron chi connectivity index (χ0n) is 21.2. The fraction of sp³-hybridized carbons (Fsp3) is 0.259. The van der Waals surface area contributed by atoms with E-state index in [4.69, 9.17) is 46.4 Å². The first-order valence-corrected chi connectivity index (χ1v) is 15.0. The number of hydrogen-bond acceptors (Lipinski definition) is 4. The molecule has 0 saturated carbocycles. The minimum absolute atomic E-state index is 0.0214. The van der Waals surface area contributed by atoms with Gasteiger partial charge in [-0.3, -0.25) is 13.9 Å². The summed E-state index contributed by atoms with van der Waals surface area (Å²) in [6, 6.07) is 15.9. The van der Waals surface area contributed by atoms with Gasteiger partial charge in [0.2, 0.25) is 11.8 Å². The molecule has 0 bridgehead atoms. The summed E-state index contributed by atoms with van der Waals surface area (Å²) in [6.07, 6.45) is 0.279. The van der Waals surface area contributed by atoms with Crippen molar-refractivity contribution < 1.29 is 18.0 Å². The van der Waals surface area contributed by atoms with E-state index in [1.54, 1.807) is 44.2 Å². The maximum absolute atomic E-state index is 14.0. The Morgan fingerprint density at radius 2 is 1.56 bits per heavy atom. The molecule has 2 amide bonds. The second-order valence-electron chi connectivity index (χ2n) is 8.50. The van der Waals surface area contributed by atoms with Crippen LogP contribution >= 0.6 is 46.4 Å². The lowest BCUT2D eigenvalue weighted by Crippen LogP contribution is -2.52. The molecule has 0 unspecified atom stereocenters. The quantitative estimate of drug-likeness (QED) is 0.264. The van der Waals surface area contributed by atoms with Gasteiger partial charge in [-0.2, -0.15) is 0 Å². The van der Waals surface area contributed by atoms with Crippen molar-refractivity contribution in [3.63, 3.8) is 0 Å². The maximum Gasteiger partial charge on any atom is 0.264 e. The van der Waals surface area contributed by atoms with Gasteiger partial charge in [-0.15, -0.1) is 0 Å². The van der Waals surface area contributed by atoms with Crippen LogP contribution in [0, 0.1) is 0 Å². The second-order valence-corrected chi connectivity index (χ2v) is 12.0. The molecule has 39 heavy (non-hydrogen) atoms. The third-order valence-electron chi connectivity index (χ3n) is 5.89. The average molecular weight is 631 g/mol. The average Bonchev–Trinajstić information content (AvgIpc) is 2.90. The highest BCUT2D eigenvalue weighted by Gasteiger charge is 2.34. The van der Waals surface area contributed by atoms with Crippen molar-refractivity contribution in [3.8, 4) is 0 Å². The number of likely N-dealkylation sites (N-methyl/N-ethyl adjacent to an activating group) is 1. The Bertz CT molecular complexity index is 1440. The fourth-order valence-corrected chi connectivity index (χ4v) is 6.12.